The van der Waals surface area contributed by atoms with Gasteiger partial charge in [0.05, 0.1) is 23.0 Å². The minimum Gasteiger partial charge on any atom is -0.410 e. The van der Waals surface area contributed by atoms with E-state index in [1.807, 2.05) is 38.1 Å². The fraction of sp³-hybridized carbons (Fsp3) is 0.222. The van der Waals surface area contributed by atoms with E-state index in [1.165, 1.54) is 0 Å². The predicted octanol–water partition coefficient (Wildman–Crippen LogP) is 3.75. The Hall–Kier alpha value is -3.00. The molecule has 2 aromatic rings. The average molecular weight is 307 g/mol. The molecule has 1 aliphatic heterocycles. The van der Waals surface area contributed by atoms with Gasteiger partial charge in [-0.05, 0) is 44.2 Å². The number of nitriles is 1. The molecule has 0 saturated heterocycles. The molecule has 0 fully saturated rings. The Labute approximate surface area is 135 Å². The summed E-state index contributed by atoms with van der Waals surface area (Å²) in [4.78, 5) is 16.3. The lowest BCUT2D eigenvalue weighted by Crippen LogP contribution is -2.45. The first-order valence-electron chi connectivity index (χ1n) is 7.52. The van der Waals surface area contributed by atoms with Gasteiger partial charge in [0.25, 0.3) is 0 Å². The van der Waals surface area contributed by atoms with Crippen LogP contribution in [0.15, 0.2) is 48.5 Å². The number of para-hydroxylation sites is 1. The second kappa shape index (κ2) is 6.01. The van der Waals surface area contributed by atoms with Gasteiger partial charge in [0, 0.05) is 6.54 Å². The molecule has 1 heterocycles. The van der Waals surface area contributed by atoms with Crippen LogP contribution in [0.5, 0.6) is 5.75 Å². The molecule has 2 aromatic carbocycles. The first-order chi connectivity index (χ1) is 11.2. The summed E-state index contributed by atoms with van der Waals surface area (Å²) in [7, 11) is 0. The molecular formula is C18H17N3O2. The standard InChI is InChI=1S/C18H17N3O2/c1-3-20-13(2)21(17-11-14(12-19)9-10-16(17)20)18(22)23-15-7-5-4-6-8-15/h4-11,13H,3H2,1-2H3. The number of carbonyl (C=O) groups is 1. The van der Waals surface area contributed by atoms with Crippen LogP contribution in [-0.4, -0.2) is 18.8 Å². The number of fused-ring (bicyclic) bond motifs is 1. The molecule has 1 atom stereocenters. The Morgan fingerprint density at radius 2 is 1.96 bits per heavy atom. The molecule has 0 radical (unpaired) electrons. The summed E-state index contributed by atoms with van der Waals surface area (Å²) in [6.45, 7) is 4.74. The summed E-state index contributed by atoms with van der Waals surface area (Å²) < 4.78 is 5.47. The molecule has 23 heavy (non-hydrogen) atoms. The number of anilines is 2. The molecule has 0 N–H and O–H groups in total. The van der Waals surface area contributed by atoms with Crippen molar-refractivity contribution in [2.45, 2.75) is 20.0 Å². The monoisotopic (exact) mass is 307 g/mol. The van der Waals surface area contributed by atoms with Crippen LogP contribution in [0.4, 0.5) is 16.2 Å². The fourth-order valence-electron chi connectivity index (χ4n) is 2.89. The van der Waals surface area contributed by atoms with Crippen molar-refractivity contribution >= 4 is 17.5 Å². The molecule has 1 aliphatic rings. The molecule has 0 aromatic heterocycles. The fourth-order valence-corrected chi connectivity index (χ4v) is 2.89. The third kappa shape index (κ3) is 2.59. The van der Waals surface area contributed by atoms with Crippen LogP contribution in [-0.2, 0) is 0 Å². The van der Waals surface area contributed by atoms with Gasteiger partial charge in [0.1, 0.15) is 11.9 Å². The lowest BCUT2D eigenvalue weighted by molar-refractivity contribution is 0.206. The van der Waals surface area contributed by atoms with Crippen molar-refractivity contribution in [1.82, 2.24) is 0 Å². The topological polar surface area (TPSA) is 56.6 Å². The lowest BCUT2D eigenvalue weighted by atomic mass is 10.2. The quantitative estimate of drug-likeness (QED) is 0.848. The van der Waals surface area contributed by atoms with Crippen molar-refractivity contribution in [2.24, 2.45) is 0 Å². The second-order valence-electron chi connectivity index (χ2n) is 5.28. The van der Waals surface area contributed by atoms with E-state index in [9.17, 15) is 4.79 Å². The molecule has 3 rings (SSSR count). The highest BCUT2D eigenvalue weighted by atomic mass is 16.6. The molecule has 0 saturated carbocycles. The number of ether oxygens (including phenoxy) is 1. The number of hydrogen-bond acceptors (Lipinski definition) is 4. The Kier molecular flexibility index (Phi) is 3.90. The molecule has 0 bridgehead atoms. The van der Waals surface area contributed by atoms with Gasteiger partial charge in [-0.2, -0.15) is 5.26 Å². The molecule has 0 aliphatic carbocycles. The van der Waals surface area contributed by atoms with E-state index in [2.05, 4.69) is 11.0 Å². The van der Waals surface area contributed by atoms with Gasteiger partial charge < -0.3 is 9.64 Å². The van der Waals surface area contributed by atoms with Gasteiger partial charge in [-0.3, -0.25) is 4.90 Å². The average Bonchev–Trinajstić information content (AvgIpc) is 2.86. The zero-order valence-electron chi connectivity index (χ0n) is 13.1. The van der Waals surface area contributed by atoms with Crippen molar-refractivity contribution in [1.29, 1.82) is 5.26 Å². The van der Waals surface area contributed by atoms with Crippen LogP contribution < -0.4 is 14.5 Å². The van der Waals surface area contributed by atoms with Crippen molar-refractivity contribution in [2.75, 3.05) is 16.3 Å². The van der Waals surface area contributed by atoms with Gasteiger partial charge in [-0.15, -0.1) is 0 Å². The second-order valence-corrected chi connectivity index (χ2v) is 5.28. The number of amides is 1. The SMILES string of the molecule is CCN1c2ccc(C#N)cc2N(C(=O)Oc2ccccc2)C1C. The Bertz CT molecular complexity index is 768. The van der Waals surface area contributed by atoms with E-state index in [1.54, 1.807) is 29.2 Å². The molecule has 5 heteroatoms. The van der Waals surface area contributed by atoms with Crippen LogP contribution in [0.25, 0.3) is 0 Å². The third-order valence-corrected chi connectivity index (χ3v) is 3.98. The van der Waals surface area contributed by atoms with Crippen LogP contribution in [0.3, 0.4) is 0 Å². The van der Waals surface area contributed by atoms with Crippen LogP contribution in [0.1, 0.15) is 19.4 Å². The zero-order chi connectivity index (χ0) is 16.4. The van der Waals surface area contributed by atoms with E-state index < -0.39 is 6.09 Å². The normalized spacial score (nSPS) is 16.0. The smallest absolute Gasteiger partial charge is 0.410 e. The van der Waals surface area contributed by atoms with Gasteiger partial charge in [0.2, 0.25) is 0 Å². The van der Waals surface area contributed by atoms with Crippen LogP contribution in [0.2, 0.25) is 0 Å². The van der Waals surface area contributed by atoms with E-state index >= 15 is 0 Å². The number of hydrogen-bond donors (Lipinski definition) is 0. The number of benzene rings is 2. The molecule has 0 spiro atoms. The van der Waals surface area contributed by atoms with E-state index in [0.717, 1.165) is 12.2 Å². The minimum atomic E-state index is -0.448. The van der Waals surface area contributed by atoms with E-state index in [-0.39, 0.29) is 6.17 Å². The lowest BCUT2D eigenvalue weighted by Gasteiger charge is -2.27. The Morgan fingerprint density at radius 1 is 1.22 bits per heavy atom. The largest absolute Gasteiger partial charge is 0.421 e. The molecule has 1 amide bonds. The van der Waals surface area contributed by atoms with E-state index in [0.29, 0.717) is 17.0 Å². The summed E-state index contributed by atoms with van der Waals surface area (Å²) in [6, 6.07) is 16.5. The van der Waals surface area contributed by atoms with Crippen LogP contribution >= 0.6 is 0 Å². The number of nitrogens with zero attached hydrogens (tertiary/aromatic N) is 3. The summed E-state index contributed by atoms with van der Waals surface area (Å²) in [6.07, 6.45) is -0.615. The Balaban J connectivity index is 1.96. The summed E-state index contributed by atoms with van der Waals surface area (Å²) in [5.41, 5.74) is 2.16. The number of rotatable bonds is 2. The molecule has 116 valence electrons. The highest BCUT2D eigenvalue weighted by Gasteiger charge is 2.37. The first kappa shape index (κ1) is 14.9. The third-order valence-electron chi connectivity index (χ3n) is 3.98. The Morgan fingerprint density at radius 3 is 2.61 bits per heavy atom. The highest BCUT2D eigenvalue weighted by Crippen LogP contribution is 2.40. The number of carbonyl (C=O) groups excluding carboxylic acids is 1. The maximum Gasteiger partial charge on any atom is 0.421 e. The van der Waals surface area contributed by atoms with Crippen molar-refractivity contribution < 1.29 is 9.53 Å². The summed E-state index contributed by atoms with van der Waals surface area (Å²) in [5, 5.41) is 9.12. The maximum atomic E-state index is 12.6. The summed E-state index contributed by atoms with van der Waals surface area (Å²) >= 11 is 0. The van der Waals surface area contributed by atoms with Gasteiger partial charge in [-0.25, -0.2) is 4.79 Å². The van der Waals surface area contributed by atoms with Gasteiger partial charge in [-0.1, -0.05) is 18.2 Å². The van der Waals surface area contributed by atoms with Crippen LogP contribution in [0, 0.1) is 11.3 Å². The van der Waals surface area contributed by atoms with Crippen molar-refractivity contribution in [3.8, 4) is 11.8 Å². The summed E-state index contributed by atoms with van der Waals surface area (Å²) in [5.74, 6) is 0.498. The zero-order valence-corrected chi connectivity index (χ0v) is 13.1. The molecule has 1 unspecified atom stereocenters. The molecular weight excluding hydrogens is 290 g/mol. The highest BCUT2D eigenvalue weighted by molar-refractivity contribution is 5.98. The van der Waals surface area contributed by atoms with Crippen molar-refractivity contribution in [3.63, 3.8) is 0 Å². The van der Waals surface area contributed by atoms with Gasteiger partial charge >= 0.3 is 6.09 Å². The maximum absolute atomic E-state index is 12.6. The van der Waals surface area contributed by atoms with Crippen molar-refractivity contribution in [3.05, 3.63) is 54.1 Å². The predicted molar refractivity (Wildman–Crippen MR) is 88.6 cm³/mol. The minimum absolute atomic E-state index is 0.167. The van der Waals surface area contributed by atoms with Gasteiger partial charge in [0.15, 0.2) is 0 Å². The first-order valence-corrected chi connectivity index (χ1v) is 7.52. The van der Waals surface area contributed by atoms with E-state index in [4.69, 9.17) is 10.00 Å². The molecule has 5 nitrogen and oxygen atoms in total.